The summed E-state index contributed by atoms with van der Waals surface area (Å²) in [5.74, 6) is -3.46. The number of phenols is 1. The topological polar surface area (TPSA) is 230 Å². The SMILES string of the molecule is CSCCC(NC(=O)C(Cc1ccc(O)cc1)NC(=O)C(Cc1c[nH]c2ccccc12)NC(=O)C(N)CCC(N)=O)C(=O)O. The Morgan fingerprint density at radius 1 is 0.864 bits per heavy atom. The molecule has 13 nitrogen and oxygen atoms in total. The highest BCUT2D eigenvalue weighted by molar-refractivity contribution is 7.98. The Labute approximate surface area is 258 Å². The maximum Gasteiger partial charge on any atom is 0.326 e. The van der Waals surface area contributed by atoms with E-state index in [0.717, 1.165) is 10.9 Å². The van der Waals surface area contributed by atoms with Gasteiger partial charge in [-0.3, -0.25) is 19.2 Å². The first-order chi connectivity index (χ1) is 21.0. The average Bonchev–Trinajstić information content (AvgIpc) is 3.40. The lowest BCUT2D eigenvalue weighted by atomic mass is 10.0. The van der Waals surface area contributed by atoms with Crippen LogP contribution in [0.15, 0.2) is 54.7 Å². The maximum absolute atomic E-state index is 13.8. The van der Waals surface area contributed by atoms with E-state index >= 15 is 0 Å². The largest absolute Gasteiger partial charge is 0.508 e. The molecule has 0 aliphatic heterocycles. The minimum Gasteiger partial charge on any atom is -0.508 e. The van der Waals surface area contributed by atoms with Gasteiger partial charge in [0.05, 0.1) is 6.04 Å². The number of aliphatic carboxylic acids is 1. The van der Waals surface area contributed by atoms with E-state index in [2.05, 4.69) is 20.9 Å². The summed E-state index contributed by atoms with van der Waals surface area (Å²) in [4.78, 5) is 66.3. The highest BCUT2D eigenvalue weighted by atomic mass is 32.2. The number of carboxylic acid groups (broad SMARTS) is 1. The highest BCUT2D eigenvalue weighted by Gasteiger charge is 2.31. The van der Waals surface area contributed by atoms with Crippen molar-refractivity contribution in [3.63, 3.8) is 0 Å². The van der Waals surface area contributed by atoms with Gasteiger partial charge in [-0.05, 0) is 54.2 Å². The molecule has 14 heteroatoms. The number of carbonyl (C=O) groups is 5. The normalized spacial score (nSPS) is 13.8. The third-order valence-electron chi connectivity index (χ3n) is 7.00. The molecular formula is C30H38N6O7S. The van der Waals surface area contributed by atoms with E-state index in [4.69, 9.17) is 11.5 Å². The molecule has 0 bridgehead atoms. The van der Waals surface area contributed by atoms with Gasteiger partial charge in [-0.25, -0.2) is 4.79 Å². The fourth-order valence-electron chi connectivity index (χ4n) is 4.55. The van der Waals surface area contributed by atoms with E-state index in [9.17, 15) is 34.2 Å². The first kappa shape index (κ1) is 33.9. The molecule has 0 fully saturated rings. The Kier molecular flexibility index (Phi) is 12.6. The van der Waals surface area contributed by atoms with Gasteiger partial charge in [-0.1, -0.05) is 30.3 Å². The molecule has 0 radical (unpaired) electrons. The Hall–Kier alpha value is -4.56. The molecule has 3 aromatic rings. The van der Waals surface area contributed by atoms with Gasteiger partial charge in [0.1, 0.15) is 23.9 Å². The van der Waals surface area contributed by atoms with E-state index in [0.29, 0.717) is 16.9 Å². The fraction of sp³-hybridized carbons (Fsp3) is 0.367. The molecule has 0 spiro atoms. The minimum atomic E-state index is -1.23. The van der Waals surface area contributed by atoms with Gasteiger partial charge < -0.3 is 42.6 Å². The maximum atomic E-state index is 13.8. The van der Waals surface area contributed by atoms with Gasteiger partial charge in [0, 0.05) is 36.4 Å². The number of phenolic OH excluding ortho intramolecular Hbond substituents is 1. The van der Waals surface area contributed by atoms with Crippen molar-refractivity contribution in [1.29, 1.82) is 0 Å². The number of nitrogens with one attached hydrogen (secondary N) is 4. The molecule has 236 valence electrons. The second kappa shape index (κ2) is 16.3. The van der Waals surface area contributed by atoms with E-state index in [1.54, 1.807) is 18.3 Å². The number of para-hydroxylation sites is 1. The van der Waals surface area contributed by atoms with Gasteiger partial charge in [0.15, 0.2) is 0 Å². The quantitative estimate of drug-likeness (QED) is 0.104. The van der Waals surface area contributed by atoms with Crippen LogP contribution in [0.25, 0.3) is 10.9 Å². The number of hydrogen-bond donors (Lipinski definition) is 8. The van der Waals surface area contributed by atoms with Gasteiger partial charge in [-0.2, -0.15) is 11.8 Å². The molecule has 3 rings (SSSR count). The number of aromatic hydroxyl groups is 1. The summed E-state index contributed by atoms with van der Waals surface area (Å²) in [6.45, 7) is 0. The van der Waals surface area contributed by atoms with E-state index in [1.807, 2.05) is 30.5 Å². The molecule has 44 heavy (non-hydrogen) atoms. The number of amides is 4. The second-order valence-electron chi connectivity index (χ2n) is 10.3. The molecule has 0 aliphatic rings. The smallest absolute Gasteiger partial charge is 0.326 e. The van der Waals surface area contributed by atoms with Crippen LogP contribution in [0.2, 0.25) is 0 Å². The van der Waals surface area contributed by atoms with Crippen LogP contribution in [0.1, 0.15) is 30.4 Å². The van der Waals surface area contributed by atoms with Gasteiger partial charge in [-0.15, -0.1) is 0 Å². The summed E-state index contributed by atoms with van der Waals surface area (Å²) in [5.41, 5.74) is 13.3. The molecule has 10 N–H and O–H groups in total. The number of rotatable bonds is 17. The average molecular weight is 627 g/mol. The summed E-state index contributed by atoms with van der Waals surface area (Å²) in [6, 6.07) is 8.69. The number of benzene rings is 2. The number of carbonyl (C=O) groups excluding carboxylic acids is 4. The Morgan fingerprint density at radius 3 is 2.11 bits per heavy atom. The van der Waals surface area contributed by atoms with Gasteiger partial charge in [0.25, 0.3) is 0 Å². The number of primary amides is 1. The van der Waals surface area contributed by atoms with E-state index in [1.165, 1.54) is 23.9 Å². The fourth-order valence-corrected chi connectivity index (χ4v) is 5.02. The zero-order chi connectivity index (χ0) is 32.2. The van der Waals surface area contributed by atoms with Crippen molar-refractivity contribution in [2.75, 3.05) is 12.0 Å². The van der Waals surface area contributed by atoms with Crippen molar-refractivity contribution >= 4 is 52.3 Å². The van der Waals surface area contributed by atoms with Gasteiger partial charge in [0.2, 0.25) is 23.6 Å². The zero-order valence-electron chi connectivity index (χ0n) is 24.2. The lowest BCUT2D eigenvalue weighted by Gasteiger charge is -2.25. The first-order valence-electron chi connectivity index (χ1n) is 14.0. The number of nitrogens with two attached hydrogens (primary N) is 2. The monoisotopic (exact) mass is 626 g/mol. The molecule has 1 heterocycles. The number of thioether (sulfide) groups is 1. The van der Waals surface area contributed by atoms with Crippen molar-refractivity contribution in [1.82, 2.24) is 20.9 Å². The lowest BCUT2D eigenvalue weighted by molar-refractivity contribution is -0.142. The van der Waals surface area contributed by atoms with E-state index < -0.39 is 53.8 Å². The highest BCUT2D eigenvalue weighted by Crippen LogP contribution is 2.20. The van der Waals surface area contributed by atoms with Crippen molar-refractivity contribution in [2.24, 2.45) is 11.5 Å². The number of H-pyrrole nitrogens is 1. The predicted octanol–water partition coefficient (Wildman–Crippen LogP) is 0.544. The molecule has 0 saturated heterocycles. The Bertz CT molecular complexity index is 1460. The third-order valence-corrected chi connectivity index (χ3v) is 7.65. The van der Waals surface area contributed by atoms with Crippen LogP contribution in [0, 0.1) is 0 Å². The van der Waals surface area contributed by atoms with Crippen LogP contribution < -0.4 is 27.4 Å². The summed E-state index contributed by atoms with van der Waals surface area (Å²) in [6.07, 6.45) is 3.56. The summed E-state index contributed by atoms with van der Waals surface area (Å²) in [5, 5.41) is 28.0. The van der Waals surface area contributed by atoms with Crippen LogP contribution in [0.5, 0.6) is 5.75 Å². The number of fused-ring (bicyclic) bond motifs is 1. The zero-order valence-corrected chi connectivity index (χ0v) is 25.1. The minimum absolute atomic E-state index is 0.0102. The van der Waals surface area contributed by atoms with Gasteiger partial charge >= 0.3 is 5.97 Å². The molecule has 0 aliphatic carbocycles. The van der Waals surface area contributed by atoms with Crippen LogP contribution in [-0.2, 0) is 36.8 Å². The molecule has 0 saturated carbocycles. The first-order valence-corrected chi connectivity index (χ1v) is 15.4. The molecule has 4 amide bonds. The second-order valence-corrected chi connectivity index (χ2v) is 11.3. The van der Waals surface area contributed by atoms with Crippen molar-refractivity contribution in [3.8, 4) is 5.75 Å². The van der Waals surface area contributed by atoms with E-state index in [-0.39, 0.29) is 37.9 Å². The van der Waals surface area contributed by atoms with Crippen molar-refractivity contribution < 1.29 is 34.2 Å². The van der Waals surface area contributed by atoms with Crippen LogP contribution >= 0.6 is 11.8 Å². The molecule has 4 atom stereocenters. The summed E-state index contributed by atoms with van der Waals surface area (Å²) >= 11 is 1.43. The third kappa shape index (κ3) is 10.0. The number of aromatic nitrogens is 1. The van der Waals surface area contributed by atoms with Crippen LogP contribution in [0.3, 0.4) is 0 Å². The molecule has 1 aromatic heterocycles. The lowest BCUT2D eigenvalue weighted by Crippen LogP contribution is -2.58. The molecule has 4 unspecified atom stereocenters. The number of aromatic amines is 1. The molecular weight excluding hydrogens is 588 g/mol. The number of hydrogen-bond acceptors (Lipinski definition) is 8. The Morgan fingerprint density at radius 2 is 1.48 bits per heavy atom. The van der Waals surface area contributed by atoms with Crippen molar-refractivity contribution in [3.05, 3.63) is 65.9 Å². The van der Waals surface area contributed by atoms with Crippen LogP contribution in [0.4, 0.5) is 0 Å². The Balaban J connectivity index is 1.89. The molecule has 2 aromatic carbocycles. The van der Waals surface area contributed by atoms with Crippen molar-refractivity contribution in [2.45, 2.75) is 56.3 Å². The standard InChI is InChI=1S/C30H38N6O7S/c1-44-13-12-23(30(42)43)34-28(40)24(14-17-6-8-19(37)9-7-17)36-29(41)25(35-27(39)21(31)10-11-26(32)38)15-18-16-33-22-5-3-2-4-20(18)22/h2-9,16,21,23-25,33,37H,10-15,31H2,1H3,(H2,32,38)(H,34,40)(H,35,39)(H,36,41)(H,42,43). The number of carboxylic acids is 1. The summed E-state index contributed by atoms with van der Waals surface area (Å²) < 4.78 is 0. The van der Waals surface area contributed by atoms with Crippen LogP contribution in [-0.4, -0.2) is 81.0 Å². The summed E-state index contributed by atoms with van der Waals surface area (Å²) in [7, 11) is 0. The predicted molar refractivity (Wildman–Crippen MR) is 167 cm³/mol.